The van der Waals surface area contributed by atoms with Crippen molar-refractivity contribution in [1.29, 1.82) is 0 Å². The molecular formula is C16H29NO3. The molecule has 1 aliphatic carbocycles. The van der Waals surface area contributed by atoms with E-state index in [9.17, 15) is 4.79 Å². The third kappa shape index (κ3) is 3.53. The predicted molar refractivity (Wildman–Crippen MR) is 78.2 cm³/mol. The third-order valence-corrected chi connectivity index (χ3v) is 4.98. The van der Waals surface area contributed by atoms with Gasteiger partial charge in [0.05, 0.1) is 17.6 Å². The minimum atomic E-state index is -0.433. The maximum Gasteiger partial charge on any atom is 0.313 e. The molecule has 1 saturated carbocycles. The van der Waals surface area contributed by atoms with Gasteiger partial charge in [-0.2, -0.15) is 0 Å². The molecule has 2 N–H and O–H groups in total. The summed E-state index contributed by atoms with van der Waals surface area (Å²) >= 11 is 0. The molecule has 0 aromatic carbocycles. The molecule has 1 heterocycles. The first-order valence-corrected chi connectivity index (χ1v) is 8.02. The summed E-state index contributed by atoms with van der Waals surface area (Å²) in [5, 5.41) is 0. The molecule has 1 aliphatic heterocycles. The van der Waals surface area contributed by atoms with Crippen molar-refractivity contribution in [3.8, 4) is 0 Å². The first-order valence-electron chi connectivity index (χ1n) is 8.02. The van der Waals surface area contributed by atoms with E-state index in [1.54, 1.807) is 0 Å². The van der Waals surface area contributed by atoms with Crippen molar-refractivity contribution >= 4 is 5.97 Å². The fourth-order valence-corrected chi connectivity index (χ4v) is 3.52. The van der Waals surface area contributed by atoms with Crippen molar-refractivity contribution in [3.63, 3.8) is 0 Å². The van der Waals surface area contributed by atoms with Crippen molar-refractivity contribution in [2.24, 2.45) is 17.1 Å². The number of esters is 1. The van der Waals surface area contributed by atoms with Crippen LogP contribution in [0.4, 0.5) is 0 Å². The summed E-state index contributed by atoms with van der Waals surface area (Å²) in [7, 11) is 0. The van der Waals surface area contributed by atoms with Crippen LogP contribution in [-0.2, 0) is 14.3 Å². The molecule has 2 atom stereocenters. The van der Waals surface area contributed by atoms with E-state index < -0.39 is 5.41 Å². The zero-order valence-corrected chi connectivity index (χ0v) is 13.1. The Kier molecular flexibility index (Phi) is 5.08. The van der Waals surface area contributed by atoms with E-state index in [1.807, 2.05) is 13.8 Å². The monoisotopic (exact) mass is 283 g/mol. The second-order valence-electron chi connectivity index (χ2n) is 6.92. The first-order chi connectivity index (χ1) is 9.45. The Morgan fingerprint density at radius 3 is 2.25 bits per heavy atom. The number of nitrogens with two attached hydrogens (primary N) is 1. The molecule has 4 heteroatoms. The van der Waals surface area contributed by atoms with Gasteiger partial charge in [-0.05, 0) is 45.4 Å². The zero-order chi connectivity index (χ0) is 14.8. The first kappa shape index (κ1) is 15.8. The number of carbonyl (C=O) groups is 1. The van der Waals surface area contributed by atoms with Crippen LogP contribution in [0.2, 0.25) is 0 Å². The summed E-state index contributed by atoms with van der Waals surface area (Å²) in [6.07, 6.45) is 5.81. The predicted octanol–water partition coefficient (Wildman–Crippen LogP) is 2.64. The maximum atomic E-state index is 12.6. The highest BCUT2D eigenvalue weighted by Gasteiger charge is 2.42. The van der Waals surface area contributed by atoms with Crippen molar-refractivity contribution in [3.05, 3.63) is 0 Å². The van der Waals surface area contributed by atoms with E-state index in [1.165, 1.54) is 0 Å². The Hall–Kier alpha value is -0.610. The lowest BCUT2D eigenvalue weighted by Gasteiger charge is -2.39. The second kappa shape index (κ2) is 6.44. The lowest BCUT2D eigenvalue weighted by atomic mass is 9.71. The van der Waals surface area contributed by atoms with E-state index in [0.29, 0.717) is 12.5 Å². The molecule has 116 valence electrons. The molecule has 4 nitrogen and oxygen atoms in total. The normalized spacial score (nSPS) is 42.2. The fraction of sp³-hybridized carbons (Fsp3) is 0.938. The van der Waals surface area contributed by atoms with Crippen molar-refractivity contribution in [2.45, 2.75) is 77.6 Å². The molecular weight excluding hydrogens is 254 g/mol. The van der Waals surface area contributed by atoms with Crippen LogP contribution in [0.15, 0.2) is 0 Å². The lowest BCUT2D eigenvalue weighted by molar-refractivity contribution is -0.173. The number of hydrogen-bond donors (Lipinski definition) is 1. The van der Waals surface area contributed by atoms with Crippen molar-refractivity contribution in [2.75, 3.05) is 6.54 Å². The molecule has 0 bridgehead atoms. The van der Waals surface area contributed by atoms with E-state index in [0.717, 1.165) is 38.5 Å². The molecule has 2 unspecified atom stereocenters. The molecule has 20 heavy (non-hydrogen) atoms. The van der Waals surface area contributed by atoms with Gasteiger partial charge in [-0.1, -0.05) is 6.92 Å². The van der Waals surface area contributed by atoms with Gasteiger partial charge in [0.25, 0.3) is 0 Å². The van der Waals surface area contributed by atoms with Crippen LogP contribution in [-0.4, -0.2) is 30.8 Å². The largest absolute Gasteiger partial charge is 0.462 e. The highest BCUT2D eigenvalue weighted by atomic mass is 16.6. The van der Waals surface area contributed by atoms with Crippen LogP contribution >= 0.6 is 0 Å². The Balaban J connectivity index is 1.95. The average molecular weight is 283 g/mol. The van der Waals surface area contributed by atoms with E-state index in [-0.39, 0.29) is 24.3 Å². The summed E-state index contributed by atoms with van der Waals surface area (Å²) in [6.45, 7) is 6.73. The smallest absolute Gasteiger partial charge is 0.313 e. The molecule has 0 amide bonds. The van der Waals surface area contributed by atoms with Gasteiger partial charge in [0.15, 0.2) is 0 Å². The van der Waals surface area contributed by atoms with Crippen LogP contribution in [0.3, 0.4) is 0 Å². The number of hydrogen-bond acceptors (Lipinski definition) is 4. The number of carbonyl (C=O) groups excluding carboxylic acids is 1. The van der Waals surface area contributed by atoms with Gasteiger partial charge >= 0.3 is 5.97 Å². The van der Waals surface area contributed by atoms with Crippen molar-refractivity contribution < 1.29 is 14.3 Å². The van der Waals surface area contributed by atoms with E-state index >= 15 is 0 Å². The minimum absolute atomic E-state index is 0.0102. The molecule has 0 spiro atoms. The molecule has 0 radical (unpaired) electrons. The molecule has 2 aliphatic rings. The van der Waals surface area contributed by atoms with Crippen LogP contribution < -0.4 is 5.73 Å². The molecule has 2 fully saturated rings. The van der Waals surface area contributed by atoms with Crippen LogP contribution in [0, 0.1) is 11.3 Å². The standard InChI is InChI=1S/C16H29NO3/c1-11-4-6-16(10-17,7-5-11)15(18)20-14-8-12(2)19-13(3)9-14/h11-14H,4-10,17H2,1-3H3. The summed E-state index contributed by atoms with van der Waals surface area (Å²) in [4.78, 5) is 12.6. The minimum Gasteiger partial charge on any atom is -0.462 e. The van der Waals surface area contributed by atoms with Gasteiger partial charge in [-0.15, -0.1) is 0 Å². The summed E-state index contributed by atoms with van der Waals surface area (Å²) in [5.41, 5.74) is 5.49. The fourth-order valence-electron chi connectivity index (χ4n) is 3.52. The van der Waals surface area contributed by atoms with Gasteiger partial charge in [-0.3, -0.25) is 4.79 Å². The number of rotatable bonds is 3. The van der Waals surface area contributed by atoms with Crippen molar-refractivity contribution in [1.82, 2.24) is 0 Å². The van der Waals surface area contributed by atoms with Gasteiger partial charge in [0, 0.05) is 19.4 Å². The molecule has 0 aromatic rings. The summed E-state index contributed by atoms with van der Waals surface area (Å²) in [6, 6.07) is 0. The molecule has 1 saturated heterocycles. The Morgan fingerprint density at radius 2 is 1.75 bits per heavy atom. The van der Waals surface area contributed by atoms with E-state index in [2.05, 4.69) is 6.92 Å². The van der Waals surface area contributed by atoms with Gasteiger partial charge in [0.1, 0.15) is 6.10 Å². The maximum absolute atomic E-state index is 12.6. The highest BCUT2D eigenvalue weighted by molar-refractivity contribution is 5.77. The Morgan fingerprint density at radius 1 is 1.20 bits per heavy atom. The number of ether oxygens (including phenoxy) is 2. The quantitative estimate of drug-likeness (QED) is 0.809. The topological polar surface area (TPSA) is 61.6 Å². The Bertz CT molecular complexity index is 327. The molecule has 0 aromatic heterocycles. The van der Waals surface area contributed by atoms with Crippen LogP contribution in [0.1, 0.15) is 59.3 Å². The lowest BCUT2D eigenvalue weighted by Crippen LogP contribution is -2.45. The third-order valence-electron chi connectivity index (χ3n) is 4.98. The average Bonchev–Trinajstić information content (AvgIpc) is 2.38. The van der Waals surface area contributed by atoms with Crippen LogP contribution in [0.5, 0.6) is 0 Å². The highest BCUT2D eigenvalue weighted by Crippen LogP contribution is 2.40. The van der Waals surface area contributed by atoms with E-state index in [4.69, 9.17) is 15.2 Å². The Labute approximate surface area is 122 Å². The zero-order valence-electron chi connectivity index (χ0n) is 13.1. The van der Waals surface area contributed by atoms with Gasteiger partial charge in [0.2, 0.25) is 0 Å². The van der Waals surface area contributed by atoms with Gasteiger partial charge in [-0.25, -0.2) is 0 Å². The molecule has 2 rings (SSSR count). The summed E-state index contributed by atoms with van der Waals surface area (Å²) < 4.78 is 11.5. The summed E-state index contributed by atoms with van der Waals surface area (Å²) in [5.74, 6) is 0.629. The SMILES string of the molecule is CC1CCC(CN)(C(=O)OC2CC(C)OC(C)C2)CC1. The van der Waals surface area contributed by atoms with Crippen LogP contribution in [0.25, 0.3) is 0 Å². The second-order valence-corrected chi connectivity index (χ2v) is 6.92. The van der Waals surface area contributed by atoms with Gasteiger partial charge < -0.3 is 15.2 Å².